The first-order valence-corrected chi connectivity index (χ1v) is 11.6. The summed E-state index contributed by atoms with van der Waals surface area (Å²) in [5, 5.41) is 5.71. The standard InChI is InChI=1S/C26H28N6O3/c1-18-23-24(27-22(17-34-2)28-25(23)32(29-18)20-7-5-4-6-8-20)30-13-15-31(16-14-30)26(33)19-9-11-21(35-3)12-10-19/h4-12H,13-17H2,1-3H3. The number of hydrogen-bond donors (Lipinski definition) is 0. The van der Waals surface area contributed by atoms with Crippen LogP contribution in [0.15, 0.2) is 54.6 Å². The summed E-state index contributed by atoms with van der Waals surface area (Å²) in [4.78, 5) is 26.7. The highest BCUT2D eigenvalue weighted by Gasteiger charge is 2.27. The molecule has 1 amide bonds. The zero-order valence-corrected chi connectivity index (χ0v) is 20.1. The lowest BCUT2D eigenvalue weighted by Crippen LogP contribution is -2.49. The van der Waals surface area contributed by atoms with Crippen LogP contribution in [0.4, 0.5) is 5.82 Å². The Bertz CT molecular complexity index is 1330. The molecular formula is C26H28N6O3. The number of aromatic nitrogens is 4. The lowest BCUT2D eigenvalue weighted by Gasteiger charge is -2.35. The molecule has 0 atom stereocenters. The zero-order chi connectivity index (χ0) is 24.4. The molecule has 9 nitrogen and oxygen atoms in total. The Morgan fingerprint density at radius 2 is 1.66 bits per heavy atom. The highest BCUT2D eigenvalue weighted by Crippen LogP contribution is 2.30. The van der Waals surface area contributed by atoms with E-state index in [9.17, 15) is 4.79 Å². The fourth-order valence-corrected chi connectivity index (χ4v) is 4.41. The Hall–Kier alpha value is -3.98. The van der Waals surface area contributed by atoms with Crippen molar-refractivity contribution < 1.29 is 14.3 Å². The Balaban J connectivity index is 1.43. The lowest BCUT2D eigenvalue weighted by molar-refractivity contribution is 0.0746. The van der Waals surface area contributed by atoms with Gasteiger partial charge in [-0.05, 0) is 43.3 Å². The predicted molar refractivity (Wildman–Crippen MR) is 133 cm³/mol. The molecule has 0 unspecified atom stereocenters. The number of benzene rings is 2. The van der Waals surface area contributed by atoms with Gasteiger partial charge in [-0.2, -0.15) is 5.10 Å². The first kappa shape index (κ1) is 22.8. The molecule has 0 saturated carbocycles. The van der Waals surface area contributed by atoms with E-state index in [1.54, 1.807) is 26.4 Å². The molecule has 3 heterocycles. The maximum Gasteiger partial charge on any atom is 0.253 e. The van der Waals surface area contributed by atoms with Gasteiger partial charge in [0.25, 0.3) is 5.91 Å². The van der Waals surface area contributed by atoms with E-state index in [4.69, 9.17) is 24.5 Å². The molecule has 0 aliphatic carbocycles. The highest BCUT2D eigenvalue weighted by atomic mass is 16.5. The first-order chi connectivity index (χ1) is 17.1. The summed E-state index contributed by atoms with van der Waals surface area (Å²) in [6.45, 7) is 4.81. The summed E-state index contributed by atoms with van der Waals surface area (Å²) in [7, 11) is 3.25. The number of amides is 1. The molecule has 2 aromatic heterocycles. The van der Waals surface area contributed by atoms with Gasteiger partial charge in [-0.25, -0.2) is 14.6 Å². The van der Waals surface area contributed by atoms with E-state index in [0.29, 0.717) is 44.2 Å². The number of methoxy groups -OCH3 is 2. The van der Waals surface area contributed by atoms with Crippen LogP contribution in [-0.4, -0.2) is 71.0 Å². The fraction of sp³-hybridized carbons (Fsp3) is 0.308. The van der Waals surface area contributed by atoms with Crippen molar-refractivity contribution in [2.24, 2.45) is 0 Å². The SMILES string of the molecule is COCc1nc(N2CCN(C(=O)c3ccc(OC)cc3)CC2)c2c(C)nn(-c3ccccc3)c2n1. The summed E-state index contributed by atoms with van der Waals surface area (Å²) in [5.74, 6) is 2.19. The molecule has 35 heavy (non-hydrogen) atoms. The largest absolute Gasteiger partial charge is 0.497 e. The number of anilines is 1. The molecule has 9 heteroatoms. The van der Waals surface area contributed by atoms with Gasteiger partial charge in [0.1, 0.15) is 18.2 Å². The van der Waals surface area contributed by atoms with Crippen LogP contribution in [-0.2, 0) is 11.3 Å². The van der Waals surface area contributed by atoms with Gasteiger partial charge in [0.05, 0.1) is 23.9 Å². The number of fused-ring (bicyclic) bond motifs is 1. The molecule has 4 aromatic rings. The van der Waals surface area contributed by atoms with Crippen LogP contribution >= 0.6 is 0 Å². The maximum absolute atomic E-state index is 13.0. The van der Waals surface area contributed by atoms with Gasteiger partial charge in [-0.15, -0.1) is 0 Å². The molecule has 0 N–H and O–H groups in total. The van der Waals surface area contributed by atoms with Crippen molar-refractivity contribution in [1.82, 2.24) is 24.6 Å². The summed E-state index contributed by atoms with van der Waals surface area (Å²) in [5.41, 5.74) is 3.21. The van der Waals surface area contributed by atoms with Gasteiger partial charge in [0.15, 0.2) is 11.5 Å². The second-order valence-electron chi connectivity index (χ2n) is 8.44. The van der Waals surface area contributed by atoms with Crippen LogP contribution in [0.3, 0.4) is 0 Å². The van der Waals surface area contributed by atoms with Gasteiger partial charge in [0.2, 0.25) is 0 Å². The van der Waals surface area contributed by atoms with E-state index >= 15 is 0 Å². The predicted octanol–water partition coefficient (Wildman–Crippen LogP) is 3.24. The van der Waals surface area contributed by atoms with Gasteiger partial charge >= 0.3 is 0 Å². The van der Waals surface area contributed by atoms with E-state index in [2.05, 4.69) is 4.90 Å². The van der Waals surface area contributed by atoms with Crippen LogP contribution in [0.5, 0.6) is 5.75 Å². The molecule has 2 aromatic carbocycles. The van der Waals surface area contributed by atoms with Gasteiger partial charge in [-0.3, -0.25) is 4.79 Å². The fourth-order valence-electron chi connectivity index (χ4n) is 4.41. The number of carbonyl (C=O) groups excluding carboxylic acids is 1. The monoisotopic (exact) mass is 472 g/mol. The van der Waals surface area contributed by atoms with E-state index in [1.165, 1.54) is 0 Å². The summed E-state index contributed by atoms with van der Waals surface area (Å²) in [6, 6.07) is 17.2. The number of aryl methyl sites for hydroxylation is 1. The van der Waals surface area contributed by atoms with E-state index < -0.39 is 0 Å². The van der Waals surface area contributed by atoms with Crippen molar-refractivity contribution in [2.75, 3.05) is 45.3 Å². The molecule has 5 rings (SSSR count). The molecule has 1 aliphatic heterocycles. The van der Waals surface area contributed by atoms with Gasteiger partial charge in [-0.1, -0.05) is 18.2 Å². The molecule has 1 saturated heterocycles. The minimum atomic E-state index is 0.0216. The second-order valence-corrected chi connectivity index (χ2v) is 8.44. The third-order valence-electron chi connectivity index (χ3n) is 6.21. The molecule has 0 radical (unpaired) electrons. The highest BCUT2D eigenvalue weighted by molar-refractivity contribution is 5.95. The Morgan fingerprint density at radius 3 is 2.31 bits per heavy atom. The van der Waals surface area contributed by atoms with Crippen LogP contribution in [0.2, 0.25) is 0 Å². The van der Waals surface area contributed by atoms with Crippen molar-refractivity contribution in [3.05, 3.63) is 71.7 Å². The Morgan fingerprint density at radius 1 is 0.943 bits per heavy atom. The van der Waals surface area contributed by atoms with Gasteiger partial charge in [0, 0.05) is 38.9 Å². The average Bonchev–Trinajstić information content (AvgIpc) is 3.25. The van der Waals surface area contributed by atoms with Crippen LogP contribution in [0.25, 0.3) is 16.7 Å². The minimum Gasteiger partial charge on any atom is -0.497 e. The minimum absolute atomic E-state index is 0.0216. The Kier molecular flexibility index (Phi) is 6.33. The lowest BCUT2D eigenvalue weighted by atomic mass is 10.1. The summed E-state index contributed by atoms with van der Waals surface area (Å²) < 4.78 is 12.4. The van der Waals surface area contributed by atoms with E-state index in [-0.39, 0.29) is 5.91 Å². The van der Waals surface area contributed by atoms with Crippen molar-refractivity contribution in [3.63, 3.8) is 0 Å². The molecule has 180 valence electrons. The number of carbonyl (C=O) groups is 1. The molecular weight excluding hydrogens is 444 g/mol. The van der Waals surface area contributed by atoms with E-state index in [0.717, 1.165) is 34.0 Å². The number of rotatable bonds is 6. The molecule has 1 aliphatic rings. The van der Waals surface area contributed by atoms with Gasteiger partial charge < -0.3 is 19.3 Å². The smallest absolute Gasteiger partial charge is 0.253 e. The number of para-hydroxylation sites is 1. The van der Waals surface area contributed by atoms with Crippen molar-refractivity contribution in [2.45, 2.75) is 13.5 Å². The molecule has 0 spiro atoms. The second kappa shape index (κ2) is 9.71. The quantitative estimate of drug-likeness (QED) is 0.426. The van der Waals surface area contributed by atoms with Crippen LogP contribution in [0, 0.1) is 6.92 Å². The number of ether oxygens (including phenoxy) is 2. The van der Waals surface area contributed by atoms with Crippen molar-refractivity contribution in [1.29, 1.82) is 0 Å². The first-order valence-electron chi connectivity index (χ1n) is 11.6. The number of piperazine rings is 1. The Labute approximate surface area is 203 Å². The van der Waals surface area contributed by atoms with Crippen molar-refractivity contribution in [3.8, 4) is 11.4 Å². The topological polar surface area (TPSA) is 85.6 Å². The molecule has 0 bridgehead atoms. The number of hydrogen-bond acceptors (Lipinski definition) is 7. The number of nitrogens with zero attached hydrogens (tertiary/aromatic N) is 6. The zero-order valence-electron chi connectivity index (χ0n) is 20.1. The van der Waals surface area contributed by atoms with Crippen molar-refractivity contribution >= 4 is 22.8 Å². The normalized spacial score (nSPS) is 13.9. The van der Waals surface area contributed by atoms with E-state index in [1.807, 2.05) is 59.0 Å². The average molecular weight is 473 g/mol. The maximum atomic E-state index is 13.0. The summed E-state index contributed by atoms with van der Waals surface area (Å²) in [6.07, 6.45) is 0. The van der Waals surface area contributed by atoms with Crippen LogP contribution in [0.1, 0.15) is 21.9 Å². The third kappa shape index (κ3) is 4.42. The summed E-state index contributed by atoms with van der Waals surface area (Å²) >= 11 is 0. The molecule has 1 fully saturated rings. The third-order valence-corrected chi connectivity index (χ3v) is 6.21. The van der Waals surface area contributed by atoms with Crippen LogP contribution < -0.4 is 9.64 Å².